The fraction of sp³-hybridized carbons (Fsp3) is 1.00. The van der Waals surface area contributed by atoms with Crippen LogP contribution in [0.4, 0.5) is 0 Å². The third kappa shape index (κ3) is 2.27. The summed E-state index contributed by atoms with van der Waals surface area (Å²) in [6, 6.07) is 0. The number of nitrogens with one attached hydrogen (secondary N) is 1. The fourth-order valence-corrected chi connectivity index (χ4v) is 3.97. The Hall–Kier alpha value is -0.130. The highest BCUT2D eigenvalue weighted by molar-refractivity contribution is 7.91. The van der Waals surface area contributed by atoms with Gasteiger partial charge in [0.1, 0.15) is 6.23 Å². The van der Waals surface area contributed by atoms with Gasteiger partial charge in [0.15, 0.2) is 9.84 Å². The molecule has 2 saturated heterocycles. The molecule has 3 unspecified atom stereocenters. The Bertz CT molecular complexity index is 301. The van der Waals surface area contributed by atoms with E-state index in [9.17, 15) is 8.42 Å². The number of hydrogen-bond donors (Lipinski definition) is 1. The normalized spacial score (nSPS) is 42.5. The molecular weight excluding hydrogens is 202 g/mol. The maximum Gasteiger partial charge on any atom is 0.150 e. The van der Waals surface area contributed by atoms with Crippen LogP contribution < -0.4 is 5.32 Å². The largest absolute Gasteiger partial charge is 0.359 e. The van der Waals surface area contributed by atoms with Crippen molar-refractivity contribution in [1.82, 2.24) is 5.32 Å². The minimum absolute atomic E-state index is 0.0416. The summed E-state index contributed by atoms with van der Waals surface area (Å²) in [5, 5.41) is 3.23. The Morgan fingerprint density at radius 2 is 2.21 bits per heavy atom. The van der Waals surface area contributed by atoms with Crippen molar-refractivity contribution in [1.29, 1.82) is 0 Å². The van der Waals surface area contributed by atoms with E-state index in [1.807, 2.05) is 6.92 Å². The average molecular weight is 219 g/mol. The van der Waals surface area contributed by atoms with E-state index >= 15 is 0 Å². The van der Waals surface area contributed by atoms with Crippen molar-refractivity contribution < 1.29 is 13.2 Å². The summed E-state index contributed by atoms with van der Waals surface area (Å²) in [7, 11) is -2.81. The third-order valence-electron chi connectivity index (χ3n) is 2.91. The SMILES string of the molecule is CC1CNC(C2CCCS(=O)(=O)C2)O1. The van der Waals surface area contributed by atoms with Crippen LogP contribution in [-0.2, 0) is 14.6 Å². The van der Waals surface area contributed by atoms with Gasteiger partial charge in [-0.1, -0.05) is 0 Å². The van der Waals surface area contributed by atoms with Gasteiger partial charge >= 0.3 is 0 Å². The predicted molar refractivity (Wildman–Crippen MR) is 53.7 cm³/mol. The van der Waals surface area contributed by atoms with Gasteiger partial charge in [0, 0.05) is 12.5 Å². The van der Waals surface area contributed by atoms with Gasteiger partial charge in [-0.2, -0.15) is 0 Å². The average Bonchev–Trinajstić information content (AvgIpc) is 2.50. The molecule has 5 heteroatoms. The maximum atomic E-state index is 11.4. The standard InChI is InChI=1S/C9H17NO3S/c1-7-5-10-9(13-7)8-3-2-4-14(11,12)6-8/h7-10H,2-6H2,1H3. The third-order valence-corrected chi connectivity index (χ3v) is 4.76. The molecule has 2 aliphatic rings. The van der Waals surface area contributed by atoms with E-state index < -0.39 is 9.84 Å². The quantitative estimate of drug-likeness (QED) is 0.682. The van der Waals surface area contributed by atoms with Crippen molar-refractivity contribution in [3.05, 3.63) is 0 Å². The van der Waals surface area contributed by atoms with Crippen LogP contribution in [-0.4, -0.2) is 38.8 Å². The van der Waals surface area contributed by atoms with Crippen molar-refractivity contribution in [2.75, 3.05) is 18.1 Å². The lowest BCUT2D eigenvalue weighted by molar-refractivity contribution is 0.0153. The zero-order valence-corrected chi connectivity index (χ0v) is 9.22. The van der Waals surface area contributed by atoms with E-state index in [0.29, 0.717) is 5.75 Å². The fourth-order valence-electron chi connectivity index (χ4n) is 2.20. The molecule has 82 valence electrons. The molecule has 1 N–H and O–H groups in total. The molecular formula is C9H17NO3S. The predicted octanol–water partition coefficient (Wildman–Crippen LogP) is 0.146. The van der Waals surface area contributed by atoms with Crippen LogP contribution in [0, 0.1) is 5.92 Å². The van der Waals surface area contributed by atoms with E-state index in [0.717, 1.165) is 19.4 Å². The van der Waals surface area contributed by atoms with Crippen molar-refractivity contribution in [2.45, 2.75) is 32.1 Å². The van der Waals surface area contributed by atoms with E-state index in [2.05, 4.69) is 5.32 Å². The highest BCUT2D eigenvalue weighted by Crippen LogP contribution is 2.24. The number of sulfone groups is 1. The Morgan fingerprint density at radius 3 is 2.79 bits per heavy atom. The number of hydrogen-bond acceptors (Lipinski definition) is 4. The monoisotopic (exact) mass is 219 g/mol. The highest BCUT2D eigenvalue weighted by atomic mass is 32.2. The van der Waals surface area contributed by atoms with Crippen molar-refractivity contribution >= 4 is 9.84 Å². The van der Waals surface area contributed by atoms with Crippen molar-refractivity contribution in [3.8, 4) is 0 Å². The first-order chi connectivity index (χ1) is 6.57. The molecule has 0 aliphatic carbocycles. The van der Waals surface area contributed by atoms with Gasteiger partial charge in [-0.05, 0) is 19.8 Å². The van der Waals surface area contributed by atoms with Crippen LogP contribution in [0.5, 0.6) is 0 Å². The minimum Gasteiger partial charge on any atom is -0.359 e. The van der Waals surface area contributed by atoms with E-state index in [1.54, 1.807) is 0 Å². The lowest BCUT2D eigenvalue weighted by atomic mass is 10.0. The van der Waals surface area contributed by atoms with Gasteiger partial charge in [0.25, 0.3) is 0 Å². The summed E-state index contributed by atoms with van der Waals surface area (Å²) in [5.74, 6) is 0.794. The summed E-state index contributed by atoms with van der Waals surface area (Å²) < 4.78 is 28.5. The molecule has 2 aliphatic heterocycles. The first kappa shape index (κ1) is 10.4. The second kappa shape index (κ2) is 3.79. The van der Waals surface area contributed by atoms with Gasteiger partial charge in [-0.3, -0.25) is 5.32 Å². The molecule has 2 rings (SSSR count). The highest BCUT2D eigenvalue weighted by Gasteiger charge is 2.34. The smallest absolute Gasteiger partial charge is 0.150 e. The first-order valence-corrected chi connectivity index (χ1v) is 6.98. The molecule has 2 fully saturated rings. The molecule has 14 heavy (non-hydrogen) atoms. The second-order valence-electron chi connectivity index (χ2n) is 4.29. The molecule has 3 atom stereocenters. The van der Waals surface area contributed by atoms with Crippen LogP contribution in [0.1, 0.15) is 19.8 Å². The molecule has 4 nitrogen and oxygen atoms in total. The minimum atomic E-state index is -2.81. The van der Waals surface area contributed by atoms with E-state index in [1.165, 1.54) is 0 Å². The van der Waals surface area contributed by atoms with Crippen LogP contribution in [0.2, 0.25) is 0 Å². The van der Waals surface area contributed by atoms with E-state index in [-0.39, 0.29) is 24.0 Å². The van der Waals surface area contributed by atoms with E-state index in [4.69, 9.17) is 4.74 Å². The maximum absolute atomic E-state index is 11.4. The summed E-state index contributed by atoms with van der Waals surface area (Å²) in [4.78, 5) is 0. The molecule has 0 bridgehead atoms. The second-order valence-corrected chi connectivity index (χ2v) is 6.52. The molecule has 0 amide bonds. The molecule has 0 spiro atoms. The van der Waals surface area contributed by atoms with Crippen LogP contribution in [0.3, 0.4) is 0 Å². The van der Waals surface area contributed by atoms with Gasteiger partial charge in [-0.25, -0.2) is 8.42 Å². The lowest BCUT2D eigenvalue weighted by Gasteiger charge is -2.26. The molecule has 0 saturated carbocycles. The van der Waals surface area contributed by atoms with Gasteiger partial charge < -0.3 is 4.74 Å². The zero-order chi connectivity index (χ0) is 10.2. The van der Waals surface area contributed by atoms with Crippen molar-refractivity contribution in [3.63, 3.8) is 0 Å². The molecule has 0 radical (unpaired) electrons. The lowest BCUT2D eigenvalue weighted by Crippen LogP contribution is -2.39. The summed E-state index contributed by atoms with van der Waals surface area (Å²) in [6.45, 7) is 2.84. The Morgan fingerprint density at radius 1 is 1.43 bits per heavy atom. The Kier molecular flexibility index (Phi) is 2.81. The van der Waals surface area contributed by atoms with Gasteiger partial charge in [-0.15, -0.1) is 0 Å². The molecule has 0 aromatic rings. The molecule has 0 aromatic heterocycles. The van der Waals surface area contributed by atoms with Crippen LogP contribution >= 0.6 is 0 Å². The summed E-state index contributed by atoms with van der Waals surface area (Å²) >= 11 is 0. The van der Waals surface area contributed by atoms with Crippen LogP contribution in [0.15, 0.2) is 0 Å². The molecule has 2 heterocycles. The first-order valence-electron chi connectivity index (χ1n) is 5.16. The van der Waals surface area contributed by atoms with Gasteiger partial charge in [0.2, 0.25) is 0 Å². The number of rotatable bonds is 1. The molecule has 0 aromatic carbocycles. The zero-order valence-electron chi connectivity index (χ0n) is 8.40. The van der Waals surface area contributed by atoms with Crippen LogP contribution in [0.25, 0.3) is 0 Å². The summed E-state index contributed by atoms with van der Waals surface area (Å²) in [6.07, 6.45) is 1.91. The number of ether oxygens (including phenoxy) is 1. The topological polar surface area (TPSA) is 55.4 Å². The van der Waals surface area contributed by atoms with Crippen molar-refractivity contribution in [2.24, 2.45) is 5.92 Å². The Balaban J connectivity index is 1.98. The Labute approximate surface area is 84.9 Å². The van der Waals surface area contributed by atoms with Gasteiger partial charge in [0.05, 0.1) is 17.6 Å². The summed E-state index contributed by atoms with van der Waals surface area (Å²) in [5.41, 5.74) is 0.